The molecule has 4 nitrogen and oxygen atoms in total. The van der Waals surface area contributed by atoms with Gasteiger partial charge in [-0.3, -0.25) is 4.57 Å². The molecule has 9 aromatic carbocycles. The lowest BCUT2D eigenvalue weighted by atomic mass is 9.98. The summed E-state index contributed by atoms with van der Waals surface area (Å²) in [7, 11) is 0. The monoisotopic (exact) mass is 870 g/mol. The number of fused-ring (bicyclic) bond motifs is 6. The minimum Gasteiger partial charge on any atom is -0.307 e. The van der Waals surface area contributed by atoms with Crippen LogP contribution in [0.1, 0.15) is 27.8 Å². The predicted molar refractivity (Wildman–Crippen MR) is 284 cm³/mol. The number of aromatic nitrogens is 3. The molecule has 0 bridgehead atoms. The molecule has 3 aromatic heterocycles. The third-order valence-electron chi connectivity index (χ3n) is 14.0. The Hall–Kier alpha value is -8.78. The first-order valence-corrected chi connectivity index (χ1v) is 23.2. The molecule has 0 atom stereocenters. The van der Waals surface area contributed by atoms with Crippen LogP contribution >= 0.6 is 0 Å². The summed E-state index contributed by atoms with van der Waals surface area (Å²) in [6.45, 7) is 8.70. The first-order chi connectivity index (χ1) is 33.3. The molecule has 12 rings (SSSR count). The van der Waals surface area contributed by atoms with Crippen LogP contribution in [0.5, 0.6) is 0 Å². The minimum atomic E-state index is 0.598. The Morgan fingerprint density at radius 3 is 1.10 bits per heavy atom. The Kier molecular flexibility index (Phi) is 9.74. The van der Waals surface area contributed by atoms with Gasteiger partial charge in [0, 0.05) is 27.1 Å². The fourth-order valence-electron chi connectivity index (χ4n) is 10.5. The van der Waals surface area contributed by atoms with Crippen LogP contribution in [0.2, 0.25) is 0 Å². The van der Waals surface area contributed by atoms with Crippen LogP contribution in [0.4, 0.5) is 0 Å². The third kappa shape index (κ3) is 6.71. The quantitative estimate of drug-likeness (QED) is 0.160. The molecule has 322 valence electrons. The highest BCUT2D eigenvalue weighted by Gasteiger charge is 2.22. The van der Waals surface area contributed by atoms with Crippen LogP contribution in [0.15, 0.2) is 206 Å². The lowest BCUT2D eigenvalue weighted by molar-refractivity contribution is 1.06. The molecule has 3 heterocycles. The molecule has 0 spiro atoms. The topological polar surface area (TPSA) is 46.5 Å². The lowest BCUT2D eigenvalue weighted by Crippen LogP contribution is -2.04. The number of pyridine rings is 1. The number of rotatable bonds is 7. The van der Waals surface area contributed by atoms with Gasteiger partial charge in [0.2, 0.25) is 0 Å². The van der Waals surface area contributed by atoms with Crippen molar-refractivity contribution in [3.8, 4) is 73.2 Å². The maximum Gasteiger partial charge on any atom is 0.138 e. The van der Waals surface area contributed by atoms with Gasteiger partial charge in [0.15, 0.2) is 0 Å². The van der Waals surface area contributed by atoms with Gasteiger partial charge in [-0.1, -0.05) is 158 Å². The Bertz CT molecular complexity index is 3840. The number of aryl methyl sites for hydroxylation is 4. The molecule has 0 radical (unpaired) electrons. The average molecular weight is 871 g/mol. The number of nitriles is 1. The molecule has 0 saturated carbocycles. The second kappa shape index (κ2) is 16.3. The number of hydrogen-bond donors (Lipinski definition) is 0. The highest BCUT2D eigenvalue weighted by molar-refractivity contribution is 6.13. The molecule has 0 unspecified atom stereocenters. The Labute approximate surface area is 396 Å². The Morgan fingerprint density at radius 1 is 0.353 bits per heavy atom. The van der Waals surface area contributed by atoms with Crippen molar-refractivity contribution in [1.29, 1.82) is 5.26 Å². The second-order valence-electron chi connectivity index (χ2n) is 18.1. The largest absolute Gasteiger partial charge is 0.307 e. The zero-order chi connectivity index (χ0) is 46.0. The molecular formula is C64H46N4. The first-order valence-electron chi connectivity index (χ1n) is 23.2. The van der Waals surface area contributed by atoms with E-state index in [9.17, 15) is 5.26 Å². The van der Waals surface area contributed by atoms with Crippen LogP contribution in [-0.2, 0) is 0 Å². The standard InChI is InChI=1S/C64H46N4/c1-40-14-5-9-20-50(40)46-24-28-54-55-29-25-47(51-21-10-6-15-41(51)2)34-60(55)67(59(54)33-46)63-39-66-64(37-58(63)45-19-13-18-44(32-45)38-65)68-61-35-48(52-22-11-7-16-42(52)3)26-30-56(61)57-31-27-49(36-62(57)68)53-23-12-8-17-43(53)4/h5-37,39H,1-4H3. The van der Waals surface area contributed by atoms with E-state index in [0.29, 0.717) is 5.56 Å². The molecular weight excluding hydrogens is 825 g/mol. The van der Waals surface area contributed by atoms with Gasteiger partial charge in [0.1, 0.15) is 5.82 Å². The van der Waals surface area contributed by atoms with Crippen molar-refractivity contribution < 1.29 is 0 Å². The van der Waals surface area contributed by atoms with Crippen molar-refractivity contribution in [3.05, 3.63) is 234 Å². The zero-order valence-corrected chi connectivity index (χ0v) is 38.4. The summed E-state index contributed by atoms with van der Waals surface area (Å²) in [6, 6.07) is 74.4. The Morgan fingerprint density at radius 2 is 0.721 bits per heavy atom. The molecule has 12 aromatic rings. The van der Waals surface area contributed by atoms with Gasteiger partial charge in [-0.15, -0.1) is 0 Å². The minimum absolute atomic E-state index is 0.598. The van der Waals surface area contributed by atoms with Crippen molar-refractivity contribution >= 4 is 43.6 Å². The fraction of sp³-hybridized carbons (Fsp3) is 0.0625. The summed E-state index contributed by atoms with van der Waals surface area (Å²) in [5.74, 6) is 0.789. The van der Waals surface area contributed by atoms with Gasteiger partial charge in [0.25, 0.3) is 0 Å². The highest BCUT2D eigenvalue weighted by atomic mass is 15.1. The predicted octanol–water partition coefficient (Wildman–Crippen LogP) is 16.7. The number of hydrogen-bond acceptors (Lipinski definition) is 2. The maximum atomic E-state index is 10.3. The zero-order valence-electron chi connectivity index (χ0n) is 38.4. The van der Waals surface area contributed by atoms with E-state index in [-0.39, 0.29) is 0 Å². The van der Waals surface area contributed by atoms with Crippen molar-refractivity contribution in [2.24, 2.45) is 0 Å². The summed E-state index contributed by atoms with van der Waals surface area (Å²) in [5.41, 5.74) is 22.0. The van der Waals surface area contributed by atoms with Crippen molar-refractivity contribution in [3.63, 3.8) is 0 Å². The second-order valence-corrected chi connectivity index (χ2v) is 18.1. The van der Waals surface area contributed by atoms with Crippen LogP contribution in [0.3, 0.4) is 0 Å². The highest BCUT2D eigenvalue weighted by Crippen LogP contribution is 2.43. The third-order valence-corrected chi connectivity index (χ3v) is 14.0. The van der Waals surface area contributed by atoms with Gasteiger partial charge >= 0.3 is 0 Å². The molecule has 0 N–H and O–H groups in total. The summed E-state index contributed by atoms with van der Waals surface area (Å²) >= 11 is 0. The number of benzene rings is 9. The molecule has 0 saturated heterocycles. The summed E-state index contributed by atoms with van der Waals surface area (Å²) in [4.78, 5) is 5.53. The summed E-state index contributed by atoms with van der Waals surface area (Å²) in [6.07, 6.45) is 2.05. The van der Waals surface area contributed by atoms with E-state index < -0.39 is 0 Å². The molecule has 0 aliphatic rings. The molecule has 68 heavy (non-hydrogen) atoms. The molecule has 0 aliphatic heterocycles. The van der Waals surface area contributed by atoms with Gasteiger partial charge in [-0.05, 0) is 142 Å². The summed E-state index contributed by atoms with van der Waals surface area (Å²) in [5, 5.41) is 14.9. The van der Waals surface area contributed by atoms with Crippen LogP contribution in [-0.4, -0.2) is 14.1 Å². The van der Waals surface area contributed by atoms with E-state index in [4.69, 9.17) is 4.98 Å². The first kappa shape index (κ1) is 40.7. The van der Waals surface area contributed by atoms with Crippen molar-refractivity contribution in [1.82, 2.24) is 14.1 Å². The normalized spacial score (nSPS) is 11.5. The van der Waals surface area contributed by atoms with Gasteiger partial charge in [-0.25, -0.2) is 4.98 Å². The van der Waals surface area contributed by atoms with E-state index in [2.05, 4.69) is 231 Å². The lowest BCUT2D eigenvalue weighted by Gasteiger charge is -2.18. The fourth-order valence-corrected chi connectivity index (χ4v) is 10.5. The van der Waals surface area contributed by atoms with Crippen LogP contribution in [0.25, 0.3) is 111 Å². The molecule has 0 fully saturated rings. The van der Waals surface area contributed by atoms with Gasteiger partial charge in [0.05, 0.1) is 45.6 Å². The van der Waals surface area contributed by atoms with E-state index in [1.807, 2.05) is 18.2 Å². The van der Waals surface area contributed by atoms with Gasteiger partial charge in [-0.2, -0.15) is 5.26 Å². The number of nitrogens with zero attached hydrogens (tertiary/aromatic N) is 4. The average Bonchev–Trinajstić information content (AvgIpc) is 3.87. The van der Waals surface area contributed by atoms with E-state index in [1.54, 1.807) is 0 Å². The van der Waals surface area contributed by atoms with Crippen LogP contribution < -0.4 is 0 Å². The smallest absolute Gasteiger partial charge is 0.138 e. The maximum absolute atomic E-state index is 10.3. The summed E-state index contributed by atoms with van der Waals surface area (Å²) < 4.78 is 4.74. The van der Waals surface area contributed by atoms with E-state index >= 15 is 0 Å². The Balaban J connectivity index is 1.18. The molecule has 0 amide bonds. The van der Waals surface area contributed by atoms with Crippen LogP contribution in [0, 0.1) is 39.0 Å². The van der Waals surface area contributed by atoms with Crippen molar-refractivity contribution in [2.45, 2.75) is 27.7 Å². The van der Waals surface area contributed by atoms with Gasteiger partial charge < -0.3 is 4.57 Å². The van der Waals surface area contributed by atoms with E-state index in [0.717, 1.165) is 88.5 Å². The SMILES string of the molecule is Cc1ccccc1-c1ccc2c3ccc(-c4ccccc4C)cc3n(-c3cc(-c4cccc(C#N)c4)c(-n4c5cc(-c6ccccc6C)ccc5c5ccc(-c6ccccc6C)cc54)cn3)c2c1. The molecule has 4 heteroatoms. The molecule has 0 aliphatic carbocycles. The van der Waals surface area contributed by atoms with Crippen molar-refractivity contribution in [2.75, 3.05) is 0 Å². The van der Waals surface area contributed by atoms with E-state index in [1.165, 1.54) is 44.5 Å².